The average Bonchev–Trinajstić information content (AvgIpc) is 3.42. The Bertz CT molecular complexity index is 1030. The van der Waals surface area contributed by atoms with Crippen LogP contribution >= 0.6 is 0 Å². The molecule has 0 spiro atoms. The van der Waals surface area contributed by atoms with Crippen molar-refractivity contribution >= 4 is 11.8 Å². The van der Waals surface area contributed by atoms with Gasteiger partial charge in [0.1, 0.15) is 17.7 Å². The number of aryl methyl sites for hydroxylation is 2. The van der Waals surface area contributed by atoms with Gasteiger partial charge in [-0.3, -0.25) is 9.59 Å². The minimum atomic E-state index is -1.12. The number of hydrogen-bond donors (Lipinski definition) is 3. The number of benzene rings is 2. The maximum absolute atomic E-state index is 12.9. The van der Waals surface area contributed by atoms with Crippen LogP contribution in [0.1, 0.15) is 84.2 Å². The molecule has 2 unspecified atom stereocenters. The van der Waals surface area contributed by atoms with Gasteiger partial charge in [-0.05, 0) is 81.0 Å². The van der Waals surface area contributed by atoms with Crippen LogP contribution < -0.4 is 5.32 Å². The number of nitrogens with zero attached hydrogens (tertiary/aromatic N) is 1. The molecule has 1 aliphatic rings. The summed E-state index contributed by atoms with van der Waals surface area (Å²) in [5, 5.41) is 22.9. The lowest BCUT2D eigenvalue weighted by Crippen LogP contribution is -2.41. The number of hydrogen-bond acceptors (Lipinski definition) is 5. The summed E-state index contributed by atoms with van der Waals surface area (Å²) in [6.07, 6.45) is 3.95. The summed E-state index contributed by atoms with van der Waals surface area (Å²) in [6.45, 7) is 8.86. The molecule has 2 atom stereocenters. The molecule has 0 aliphatic heterocycles. The Labute approximate surface area is 236 Å². The third kappa shape index (κ3) is 11.3. The molecule has 0 radical (unpaired) electrons. The third-order valence-electron chi connectivity index (χ3n) is 6.59. The first-order valence-corrected chi connectivity index (χ1v) is 14.1. The van der Waals surface area contributed by atoms with E-state index in [0.717, 1.165) is 50.2 Å². The van der Waals surface area contributed by atoms with Crippen LogP contribution in [0.5, 0.6) is 0 Å². The van der Waals surface area contributed by atoms with E-state index in [1.807, 2.05) is 20.8 Å². The van der Waals surface area contributed by atoms with Gasteiger partial charge in [0.2, 0.25) is 0 Å². The highest BCUT2D eigenvalue weighted by molar-refractivity contribution is 6.00. The van der Waals surface area contributed by atoms with E-state index in [9.17, 15) is 28.6 Å². The standard InChI is InChI=1S/C24H38N2O5.C7H6F2/c1-4-10-26(11-5-2)24(30)19-13-17(3)12-18(14-19)23(29)25-15-21(27)22(28)16-31-20-8-6-7-9-20;1-5-2-6(8)4-7(9)3-5/h12-14,20-22,27-28H,4-11,15-16H2,1-3H3,(H,25,29);2-4H,1H3. The minimum Gasteiger partial charge on any atom is -0.388 e. The van der Waals surface area contributed by atoms with Gasteiger partial charge in [0.15, 0.2) is 0 Å². The molecule has 1 saturated carbocycles. The zero-order chi connectivity index (χ0) is 29.7. The van der Waals surface area contributed by atoms with Crippen molar-refractivity contribution in [1.29, 1.82) is 0 Å². The highest BCUT2D eigenvalue weighted by Gasteiger charge is 2.22. The summed E-state index contributed by atoms with van der Waals surface area (Å²) in [6, 6.07) is 8.51. The lowest BCUT2D eigenvalue weighted by molar-refractivity contribution is -0.0574. The molecule has 0 heterocycles. The Kier molecular flexibility index (Phi) is 14.2. The molecule has 9 heteroatoms. The highest BCUT2D eigenvalue weighted by Crippen LogP contribution is 2.21. The number of rotatable bonds is 12. The molecule has 7 nitrogen and oxygen atoms in total. The largest absolute Gasteiger partial charge is 0.388 e. The van der Waals surface area contributed by atoms with Gasteiger partial charge < -0.3 is 25.2 Å². The quantitative estimate of drug-likeness (QED) is 0.340. The molecule has 1 fully saturated rings. The van der Waals surface area contributed by atoms with Crippen LogP contribution in [-0.2, 0) is 4.74 Å². The van der Waals surface area contributed by atoms with Crippen molar-refractivity contribution in [3.8, 4) is 0 Å². The average molecular weight is 563 g/mol. The number of carbonyl (C=O) groups excluding carboxylic acids is 2. The van der Waals surface area contributed by atoms with Crippen LogP contribution in [0.15, 0.2) is 36.4 Å². The van der Waals surface area contributed by atoms with E-state index in [2.05, 4.69) is 5.32 Å². The smallest absolute Gasteiger partial charge is 0.253 e. The van der Waals surface area contributed by atoms with E-state index in [4.69, 9.17) is 4.74 Å². The second-order valence-corrected chi connectivity index (χ2v) is 10.4. The lowest BCUT2D eigenvalue weighted by atomic mass is 10.0. The molecule has 1 aliphatic carbocycles. The number of nitrogens with one attached hydrogen (secondary N) is 1. The van der Waals surface area contributed by atoms with Crippen LogP contribution in [-0.4, -0.2) is 71.5 Å². The Morgan fingerprint density at radius 1 is 0.900 bits per heavy atom. The van der Waals surface area contributed by atoms with E-state index < -0.39 is 29.7 Å². The van der Waals surface area contributed by atoms with Crippen molar-refractivity contribution < 1.29 is 33.3 Å². The summed E-state index contributed by atoms with van der Waals surface area (Å²) >= 11 is 0. The lowest BCUT2D eigenvalue weighted by Gasteiger charge is -2.22. The van der Waals surface area contributed by atoms with Crippen molar-refractivity contribution in [2.24, 2.45) is 0 Å². The van der Waals surface area contributed by atoms with Crippen LogP contribution in [0.25, 0.3) is 0 Å². The molecular formula is C31H44F2N2O5. The van der Waals surface area contributed by atoms with Gasteiger partial charge in [-0.25, -0.2) is 8.78 Å². The van der Waals surface area contributed by atoms with Crippen molar-refractivity contribution in [3.63, 3.8) is 0 Å². The first-order valence-electron chi connectivity index (χ1n) is 14.1. The van der Waals surface area contributed by atoms with Gasteiger partial charge >= 0.3 is 0 Å². The molecule has 222 valence electrons. The fourth-order valence-electron chi connectivity index (χ4n) is 4.60. The maximum atomic E-state index is 12.9. The van der Waals surface area contributed by atoms with Crippen LogP contribution in [0.4, 0.5) is 8.78 Å². The van der Waals surface area contributed by atoms with Gasteiger partial charge in [0, 0.05) is 36.8 Å². The molecule has 3 rings (SSSR count). The number of carbonyl (C=O) groups is 2. The number of halogens is 2. The predicted octanol–water partition coefficient (Wildman–Crippen LogP) is 4.94. The van der Waals surface area contributed by atoms with Gasteiger partial charge in [-0.15, -0.1) is 0 Å². The topological polar surface area (TPSA) is 99.1 Å². The SMILES string of the molecule is CCCN(CCC)C(=O)c1cc(C)cc(C(=O)NCC(O)C(O)COC2CCCC2)c1.Cc1cc(F)cc(F)c1. The third-order valence-corrected chi connectivity index (χ3v) is 6.59. The Morgan fingerprint density at radius 3 is 2.00 bits per heavy atom. The fraction of sp³-hybridized carbons (Fsp3) is 0.548. The molecule has 2 aromatic rings. The second kappa shape index (κ2) is 17.0. The minimum absolute atomic E-state index is 0.0511. The molecule has 3 N–H and O–H groups in total. The number of amides is 2. The summed E-state index contributed by atoms with van der Waals surface area (Å²) < 4.78 is 30.0. The van der Waals surface area contributed by atoms with E-state index in [1.165, 1.54) is 12.1 Å². The Hall–Kier alpha value is -2.88. The van der Waals surface area contributed by atoms with Crippen molar-refractivity contribution in [2.45, 2.75) is 84.5 Å². The van der Waals surface area contributed by atoms with Gasteiger partial charge in [-0.2, -0.15) is 0 Å². The van der Waals surface area contributed by atoms with Gasteiger partial charge in [0.05, 0.1) is 18.8 Å². The van der Waals surface area contributed by atoms with E-state index in [-0.39, 0.29) is 25.2 Å². The van der Waals surface area contributed by atoms with Crippen LogP contribution in [0.2, 0.25) is 0 Å². The van der Waals surface area contributed by atoms with Gasteiger partial charge in [-0.1, -0.05) is 26.7 Å². The zero-order valence-corrected chi connectivity index (χ0v) is 24.1. The van der Waals surface area contributed by atoms with E-state index >= 15 is 0 Å². The summed E-state index contributed by atoms with van der Waals surface area (Å²) in [5.74, 6) is -1.51. The van der Waals surface area contributed by atoms with Crippen molar-refractivity contribution in [1.82, 2.24) is 10.2 Å². The summed E-state index contributed by atoms with van der Waals surface area (Å²) in [5.41, 5.74) is 2.26. The normalized spacial score (nSPS) is 14.7. The predicted molar refractivity (Wildman–Crippen MR) is 151 cm³/mol. The number of aliphatic hydroxyl groups excluding tert-OH is 2. The Morgan fingerprint density at radius 2 is 1.45 bits per heavy atom. The fourth-order valence-corrected chi connectivity index (χ4v) is 4.60. The van der Waals surface area contributed by atoms with Crippen LogP contribution in [0.3, 0.4) is 0 Å². The molecule has 0 aromatic heterocycles. The molecule has 0 bridgehead atoms. The summed E-state index contributed by atoms with van der Waals surface area (Å²) in [4.78, 5) is 27.3. The maximum Gasteiger partial charge on any atom is 0.253 e. The Balaban J connectivity index is 0.000000526. The van der Waals surface area contributed by atoms with Crippen LogP contribution in [0, 0.1) is 25.5 Å². The van der Waals surface area contributed by atoms with E-state index in [1.54, 1.807) is 30.0 Å². The summed E-state index contributed by atoms with van der Waals surface area (Å²) in [7, 11) is 0. The van der Waals surface area contributed by atoms with Gasteiger partial charge in [0.25, 0.3) is 11.8 Å². The van der Waals surface area contributed by atoms with E-state index in [0.29, 0.717) is 29.8 Å². The molecular weight excluding hydrogens is 518 g/mol. The zero-order valence-electron chi connectivity index (χ0n) is 24.1. The number of ether oxygens (including phenoxy) is 1. The van der Waals surface area contributed by atoms with Crippen molar-refractivity contribution in [3.05, 3.63) is 70.3 Å². The second-order valence-electron chi connectivity index (χ2n) is 10.4. The molecule has 40 heavy (non-hydrogen) atoms. The molecule has 2 aromatic carbocycles. The number of aliphatic hydroxyl groups is 2. The highest BCUT2D eigenvalue weighted by atomic mass is 19.1. The first-order chi connectivity index (χ1) is 19.0. The monoisotopic (exact) mass is 562 g/mol. The molecule has 2 amide bonds. The van der Waals surface area contributed by atoms with Crippen molar-refractivity contribution in [2.75, 3.05) is 26.2 Å². The molecule has 0 saturated heterocycles. The first kappa shape index (κ1) is 33.3.